The molecule has 6 nitrogen and oxygen atoms in total. The van der Waals surface area contributed by atoms with Crippen LogP contribution in [0.25, 0.3) is 0 Å². The summed E-state index contributed by atoms with van der Waals surface area (Å²) in [6.45, 7) is 0. The van der Waals surface area contributed by atoms with Crippen LogP contribution in [0.4, 0.5) is 0 Å². The van der Waals surface area contributed by atoms with Crippen LogP contribution in [-0.2, 0) is 9.59 Å². The third-order valence-corrected chi connectivity index (χ3v) is 5.27. The number of aromatic hydroxyl groups is 1. The van der Waals surface area contributed by atoms with Crippen molar-refractivity contribution < 1.29 is 19.4 Å². The van der Waals surface area contributed by atoms with E-state index in [1.165, 1.54) is 25.5 Å². The molecule has 1 aromatic carbocycles. The number of imide groups is 1. The Hall–Kier alpha value is -2.34. The van der Waals surface area contributed by atoms with E-state index < -0.39 is 0 Å². The number of allylic oxidation sites excluding steroid dienone is 2. The fraction of sp³-hybridized carbons (Fsp3) is 0.353. The third kappa shape index (κ3) is 2.06. The molecule has 4 atom stereocenters. The van der Waals surface area contributed by atoms with Crippen LogP contribution in [0.3, 0.4) is 0 Å². The van der Waals surface area contributed by atoms with E-state index in [2.05, 4.69) is 5.10 Å². The second kappa shape index (κ2) is 5.34. The maximum absolute atomic E-state index is 12.5. The second-order valence-corrected chi connectivity index (χ2v) is 6.72. The molecule has 0 unspecified atom stereocenters. The van der Waals surface area contributed by atoms with Gasteiger partial charge in [-0.1, -0.05) is 23.8 Å². The number of amides is 2. The van der Waals surface area contributed by atoms with Crippen molar-refractivity contribution in [2.45, 2.75) is 6.42 Å². The zero-order valence-electron chi connectivity index (χ0n) is 12.8. The molecule has 2 fully saturated rings. The highest BCUT2D eigenvalue weighted by molar-refractivity contribution is 6.31. The normalized spacial score (nSPS) is 30.7. The minimum Gasteiger partial charge on any atom is -0.504 e. The van der Waals surface area contributed by atoms with Crippen molar-refractivity contribution in [3.8, 4) is 11.5 Å². The summed E-state index contributed by atoms with van der Waals surface area (Å²) in [5, 5.41) is 15.4. The maximum Gasteiger partial charge on any atom is 0.254 e. The number of carbonyl (C=O) groups is 2. The average Bonchev–Trinajstić information content (AvgIpc) is 3.23. The van der Waals surface area contributed by atoms with Gasteiger partial charge in [-0.25, -0.2) is 0 Å². The van der Waals surface area contributed by atoms with Crippen LogP contribution in [0.2, 0.25) is 5.02 Å². The molecule has 1 aromatic rings. The van der Waals surface area contributed by atoms with Crippen molar-refractivity contribution in [3.63, 3.8) is 0 Å². The lowest BCUT2D eigenvalue weighted by Gasteiger charge is -2.13. The number of methoxy groups -OCH3 is 1. The van der Waals surface area contributed by atoms with Gasteiger partial charge < -0.3 is 9.84 Å². The van der Waals surface area contributed by atoms with E-state index in [0.29, 0.717) is 5.02 Å². The highest BCUT2D eigenvalue weighted by Crippen LogP contribution is 2.52. The van der Waals surface area contributed by atoms with E-state index in [0.717, 1.165) is 11.4 Å². The summed E-state index contributed by atoms with van der Waals surface area (Å²) in [4.78, 5) is 25.1. The van der Waals surface area contributed by atoms with Crippen LogP contribution in [0.15, 0.2) is 29.4 Å². The summed E-state index contributed by atoms with van der Waals surface area (Å²) < 4.78 is 5.03. The number of ether oxygens (including phenoxy) is 1. The van der Waals surface area contributed by atoms with Crippen molar-refractivity contribution in [1.29, 1.82) is 0 Å². The Labute approximate surface area is 143 Å². The Bertz CT molecular complexity index is 774. The first-order valence-corrected chi connectivity index (χ1v) is 8.05. The highest BCUT2D eigenvalue weighted by atomic mass is 35.5. The number of rotatable bonds is 3. The Morgan fingerprint density at radius 3 is 2.46 bits per heavy atom. The zero-order chi connectivity index (χ0) is 17.0. The molecule has 1 aliphatic heterocycles. The number of hydrogen-bond donors (Lipinski definition) is 1. The summed E-state index contributed by atoms with van der Waals surface area (Å²) in [6.07, 6.45) is 6.18. The zero-order valence-corrected chi connectivity index (χ0v) is 13.6. The van der Waals surface area contributed by atoms with Gasteiger partial charge >= 0.3 is 0 Å². The smallest absolute Gasteiger partial charge is 0.254 e. The van der Waals surface area contributed by atoms with E-state index in [9.17, 15) is 14.7 Å². The van der Waals surface area contributed by atoms with Gasteiger partial charge in [0.15, 0.2) is 11.5 Å². The SMILES string of the molecule is COc1cc(Cl)cc(C=NN2C(=O)[C@@H]3[C@H](C2=O)[C@H]2C=C[C@H]3C2)c1O. The summed E-state index contributed by atoms with van der Waals surface area (Å²) in [5.41, 5.74) is 0.276. The molecule has 1 saturated carbocycles. The van der Waals surface area contributed by atoms with Gasteiger partial charge in [-0.2, -0.15) is 10.1 Å². The van der Waals surface area contributed by atoms with Gasteiger partial charge in [-0.3, -0.25) is 9.59 Å². The van der Waals surface area contributed by atoms with Crippen LogP contribution >= 0.6 is 11.6 Å². The average molecular weight is 347 g/mol. The monoisotopic (exact) mass is 346 g/mol. The molecule has 7 heteroatoms. The van der Waals surface area contributed by atoms with Crippen LogP contribution in [-0.4, -0.2) is 35.3 Å². The number of hydrazone groups is 1. The van der Waals surface area contributed by atoms with Gasteiger partial charge in [-0.15, -0.1) is 0 Å². The first kappa shape index (κ1) is 15.2. The Balaban J connectivity index is 1.63. The van der Waals surface area contributed by atoms with Gasteiger partial charge in [0, 0.05) is 16.7 Å². The Kier molecular flexibility index (Phi) is 3.38. The number of phenolic OH excluding ortho intramolecular Hbond substituents is 1. The molecule has 1 heterocycles. The van der Waals surface area contributed by atoms with E-state index >= 15 is 0 Å². The predicted molar refractivity (Wildman–Crippen MR) is 86.8 cm³/mol. The molecule has 2 bridgehead atoms. The van der Waals surface area contributed by atoms with Crippen LogP contribution in [0.1, 0.15) is 12.0 Å². The van der Waals surface area contributed by atoms with Crippen molar-refractivity contribution in [2.24, 2.45) is 28.8 Å². The van der Waals surface area contributed by atoms with E-state index in [1.807, 2.05) is 12.2 Å². The van der Waals surface area contributed by atoms with Crippen molar-refractivity contribution in [2.75, 3.05) is 7.11 Å². The Morgan fingerprint density at radius 1 is 1.25 bits per heavy atom. The summed E-state index contributed by atoms with van der Waals surface area (Å²) in [7, 11) is 1.41. The molecule has 1 saturated heterocycles. The number of nitrogens with zero attached hydrogens (tertiary/aromatic N) is 2. The van der Waals surface area contributed by atoms with E-state index in [4.69, 9.17) is 16.3 Å². The van der Waals surface area contributed by atoms with Gasteiger partial charge in [0.1, 0.15) is 0 Å². The molecule has 1 N–H and O–H groups in total. The largest absolute Gasteiger partial charge is 0.504 e. The standard InChI is InChI=1S/C17H15ClN2O4/c1-24-12-6-11(18)5-10(15(12)21)7-19-20-16(22)13-8-2-3-9(4-8)14(13)17(20)23/h2-3,5-9,13-14,21H,4H2,1H3/t8-,9-,13-,14+/m0/s1. The lowest BCUT2D eigenvalue weighted by molar-refractivity contribution is -0.140. The molecule has 4 rings (SSSR count). The third-order valence-electron chi connectivity index (χ3n) is 5.05. The summed E-state index contributed by atoms with van der Waals surface area (Å²) >= 11 is 5.97. The molecule has 2 aliphatic carbocycles. The number of fused-ring (bicyclic) bond motifs is 5. The molecule has 0 spiro atoms. The van der Waals surface area contributed by atoms with Crippen molar-refractivity contribution in [1.82, 2.24) is 5.01 Å². The molecule has 0 radical (unpaired) electrons. The topological polar surface area (TPSA) is 79.2 Å². The van der Waals surface area contributed by atoms with E-state index in [-0.39, 0.29) is 52.5 Å². The summed E-state index contributed by atoms with van der Waals surface area (Å²) in [6, 6.07) is 2.95. The fourth-order valence-corrected chi connectivity index (χ4v) is 4.19. The minimum atomic E-state index is -0.299. The first-order valence-electron chi connectivity index (χ1n) is 7.68. The fourth-order valence-electron chi connectivity index (χ4n) is 3.97. The highest BCUT2D eigenvalue weighted by Gasteiger charge is 2.59. The number of phenols is 1. The number of benzene rings is 1. The molecule has 3 aliphatic rings. The first-order chi connectivity index (χ1) is 11.5. The van der Waals surface area contributed by atoms with E-state index in [1.54, 1.807) is 0 Å². The molecular formula is C17H15ClN2O4. The number of halogens is 1. The van der Waals surface area contributed by atoms with Gasteiger partial charge in [0.2, 0.25) is 0 Å². The van der Waals surface area contributed by atoms with Crippen LogP contribution in [0, 0.1) is 23.7 Å². The maximum atomic E-state index is 12.5. The quantitative estimate of drug-likeness (QED) is 0.517. The van der Waals surface area contributed by atoms with Crippen molar-refractivity contribution >= 4 is 29.6 Å². The molecular weight excluding hydrogens is 332 g/mol. The van der Waals surface area contributed by atoms with Crippen molar-refractivity contribution in [3.05, 3.63) is 34.9 Å². The molecule has 24 heavy (non-hydrogen) atoms. The predicted octanol–water partition coefficient (Wildman–Crippen LogP) is 2.20. The molecule has 0 aromatic heterocycles. The minimum absolute atomic E-state index is 0.135. The second-order valence-electron chi connectivity index (χ2n) is 6.28. The number of carbonyl (C=O) groups excluding carboxylic acids is 2. The lowest BCUT2D eigenvalue weighted by atomic mass is 9.85. The lowest BCUT2D eigenvalue weighted by Crippen LogP contribution is -2.28. The Morgan fingerprint density at radius 2 is 1.88 bits per heavy atom. The molecule has 124 valence electrons. The van der Waals surface area contributed by atoms with Gasteiger partial charge in [0.25, 0.3) is 11.8 Å². The summed E-state index contributed by atoms with van der Waals surface area (Å²) in [5.74, 6) is -0.820. The van der Waals surface area contributed by atoms with Gasteiger partial charge in [0.05, 0.1) is 25.2 Å². The molecule has 2 amide bonds. The van der Waals surface area contributed by atoms with Gasteiger partial charge in [-0.05, 0) is 24.3 Å². The van der Waals surface area contributed by atoms with Crippen LogP contribution in [0.5, 0.6) is 11.5 Å². The number of hydrogen-bond acceptors (Lipinski definition) is 5. The van der Waals surface area contributed by atoms with Crippen LogP contribution < -0.4 is 4.74 Å².